The zero-order chi connectivity index (χ0) is 9.68. The second-order valence-corrected chi connectivity index (χ2v) is 2.91. The van der Waals surface area contributed by atoms with Crippen LogP contribution in [0.25, 0.3) is 0 Å². The van der Waals surface area contributed by atoms with Gasteiger partial charge in [0.2, 0.25) is 0 Å². The summed E-state index contributed by atoms with van der Waals surface area (Å²) in [6.45, 7) is 2.33. The van der Waals surface area contributed by atoms with Gasteiger partial charge in [-0.05, 0) is 18.6 Å². The van der Waals surface area contributed by atoms with Crippen molar-refractivity contribution in [3.8, 4) is 5.75 Å². The Balaban J connectivity index is 2.50. The molecular weight excluding hydrogens is 169 g/mol. The van der Waals surface area contributed by atoms with E-state index in [9.17, 15) is 4.39 Å². The molecular formula is C10H14FNO. The smallest absolute Gasteiger partial charge is 0.165 e. The van der Waals surface area contributed by atoms with Crippen molar-refractivity contribution in [3.63, 3.8) is 0 Å². The van der Waals surface area contributed by atoms with E-state index in [0.29, 0.717) is 6.61 Å². The lowest BCUT2D eigenvalue weighted by Crippen LogP contribution is -2.26. The van der Waals surface area contributed by atoms with Crippen LogP contribution in [0.4, 0.5) is 4.39 Å². The lowest BCUT2D eigenvalue weighted by molar-refractivity contribution is 0.273. The molecule has 0 amide bonds. The first-order valence-corrected chi connectivity index (χ1v) is 4.37. The van der Waals surface area contributed by atoms with E-state index in [1.165, 1.54) is 6.07 Å². The van der Waals surface area contributed by atoms with Crippen LogP contribution in [0.1, 0.15) is 13.3 Å². The minimum Gasteiger partial charge on any atom is -0.489 e. The highest BCUT2D eigenvalue weighted by Gasteiger charge is 2.03. The lowest BCUT2D eigenvalue weighted by Gasteiger charge is -2.11. The average Bonchev–Trinajstić information content (AvgIpc) is 2.16. The minimum absolute atomic E-state index is 0.0281. The molecule has 1 aromatic carbocycles. The molecule has 0 heterocycles. The summed E-state index contributed by atoms with van der Waals surface area (Å²) in [5, 5.41) is 0. The van der Waals surface area contributed by atoms with Gasteiger partial charge in [-0.3, -0.25) is 0 Å². The van der Waals surface area contributed by atoms with E-state index in [1.807, 2.05) is 6.92 Å². The molecule has 0 unspecified atom stereocenters. The summed E-state index contributed by atoms with van der Waals surface area (Å²) in [5.74, 6) is -0.0720. The first-order valence-electron chi connectivity index (χ1n) is 4.37. The fraction of sp³-hybridized carbons (Fsp3) is 0.400. The summed E-state index contributed by atoms with van der Waals surface area (Å²) < 4.78 is 18.2. The quantitative estimate of drug-likeness (QED) is 0.774. The van der Waals surface area contributed by atoms with E-state index >= 15 is 0 Å². The van der Waals surface area contributed by atoms with Crippen LogP contribution < -0.4 is 10.5 Å². The van der Waals surface area contributed by atoms with E-state index in [-0.39, 0.29) is 17.6 Å². The Morgan fingerprint density at radius 1 is 1.46 bits per heavy atom. The van der Waals surface area contributed by atoms with Gasteiger partial charge in [-0.25, -0.2) is 4.39 Å². The van der Waals surface area contributed by atoms with Gasteiger partial charge in [0.1, 0.15) is 6.61 Å². The molecule has 0 saturated carbocycles. The normalized spacial score (nSPS) is 12.5. The molecule has 0 aliphatic carbocycles. The third-order valence-corrected chi connectivity index (χ3v) is 1.81. The molecule has 0 spiro atoms. The predicted molar refractivity (Wildman–Crippen MR) is 50.2 cm³/mol. The highest BCUT2D eigenvalue weighted by Crippen LogP contribution is 2.15. The van der Waals surface area contributed by atoms with Gasteiger partial charge in [0.15, 0.2) is 11.6 Å². The van der Waals surface area contributed by atoms with E-state index in [2.05, 4.69) is 0 Å². The maximum absolute atomic E-state index is 13.0. The molecule has 1 rings (SSSR count). The summed E-state index contributed by atoms with van der Waals surface area (Å²) >= 11 is 0. The molecule has 2 N–H and O–H groups in total. The van der Waals surface area contributed by atoms with Gasteiger partial charge in [-0.15, -0.1) is 0 Å². The Morgan fingerprint density at radius 2 is 2.15 bits per heavy atom. The molecule has 13 heavy (non-hydrogen) atoms. The van der Waals surface area contributed by atoms with E-state index in [1.54, 1.807) is 18.2 Å². The minimum atomic E-state index is -0.342. The highest BCUT2D eigenvalue weighted by atomic mass is 19.1. The monoisotopic (exact) mass is 183 g/mol. The predicted octanol–water partition coefficient (Wildman–Crippen LogP) is 1.94. The largest absolute Gasteiger partial charge is 0.489 e. The van der Waals surface area contributed by atoms with Crippen LogP contribution in [-0.2, 0) is 0 Å². The molecule has 0 aliphatic rings. The summed E-state index contributed by atoms with van der Waals surface area (Å²) in [6, 6.07) is 6.29. The Morgan fingerprint density at radius 3 is 2.77 bits per heavy atom. The van der Waals surface area contributed by atoms with E-state index in [4.69, 9.17) is 10.5 Å². The van der Waals surface area contributed by atoms with Gasteiger partial charge >= 0.3 is 0 Å². The van der Waals surface area contributed by atoms with Gasteiger partial charge in [0, 0.05) is 6.04 Å². The Hall–Kier alpha value is -1.09. The number of para-hydroxylation sites is 1. The molecule has 0 aliphatic heterocycles. The van der Waals surface area contributed by atoms with Crippen molar-refractivity contribution in [2.75, 3.05) is 6.61 Å². The van der Waals surface area contributed by atoms with Gasteiger partial charge in [-0.1, -0.05) is 19.1 Å². The molecule has 2 nitrogen and oxygen atoms in total. The number of hydrogen-bond donors (Lipinski definition) is 1. The van der Waals surface area contributed by atoms with Crippen LogP contribution in [0.2, 0.25) is 0 Å². The van der Waals surface area contributed by atoms with Crippen LogP contribution in [-0.4, -0.2) is 12.6 Å². The standard InChI is InChI=1S/C10H14FNO/c1-2-8(12)7-13-10-6-4-3-5-9(10)11/h3-6,8H,2,7,12H2,1H3/t8-/m1/s1. The third-order valence-electron chi connectivity index (χ3n) is 1.81. The van der Waals surface area contributed by atoms with Crippen LogP contribution in [0.3, 0.4) is 0 Å². The fourth-order valence-electron chi connectivity index (χ4n) is 0.876. The molecule has 0 radical (unpaired) electrons. The van der Waals surface area contributed by atoms with Crippen LogP contribution in [0.15, 0.2) is 24.3 Å². The van der Waals surface area contributed by atoms with Crippen LogP contribution in [0.5, 0.6) is 5.75 Å². The second-order valence-electron chi connectivity index (χ2n) is 2.91. The van der Waals surface area contributed by atoms with Gasteiger partial charge in [0.25, 0.3) is 0 Å². The molecule has 0 saturated heterocycles. The summed E-state index contributed by atoms with van der Waals surface area (Å²) in [7, 11) is 0. The van der Waals surface area contributed by atoms with Crippen LogP contribution in [0, 0.1) is 5.82 Å². The van der Waals surface area contributed by atoms with Crippen molar-refractivity contribution in [1.29, 1.82) is 0 Å². The number of nitrogens with two attached hydrogens (primary N) is 1. The maximum Gasteiger partial charge on any atom is 0.165 e. The molecule has 0 fully saturated rings. The zero-order valence-electron chi connectivity index (χ0n) is 7.66. The molecule has 0 bridgehead atoms. The number of ether oxygens (including phenoxy) is 1. The van der Waals surface area contributed by atoms with Crippen molar-refractivity contribution in [2.24, 2.45) is 5.73 Å². The number of rotatable bonds is 4. The average molecular weight is 183 g/mol. The molecule has 1 atom stereocenters. The summed E-state index contributed by atoms with van der Waals surface area (Å²) in [4.78, 5) is 0. The Bertz CT molecular complexity index is 265. The van der Waals surface area contributed by atoms with Crippen molar-refractivity contribution in [2.45, 2.75) is 19.4 Å². The fourth-order valence-corrected chi connectivity index (χ4v) is 0.876. The van der Waals surface area contributed by atoms with Crippen LogP contribution >= 0.6 is 0 Å². The van der Waals surface area contributed by atoms with E-state index < -0.39 is 0 Å². The Labute approximate surface area is 77.5 Å². The first kappa shape index (κ1) is 9.99. The third kappa shape index (κ3) is 3.03. The second kappa shape index (κ2) is 4.82. The van der Waals surface area contributed by atoms with Crippen molar-refractivity contribution >= 4 is 0 Å². The van der Waals surface area contributed by atoms with Gasteiger partial charge < -0.3 is 10.5 Å². The lowest BCUT2D eigenvalue weighted by atomic mass is 10.2. The molecule has 1 aromatic rings. The highest BCUT2D eigenvalue weighted by molar-refractivity contribution is 5.23. The maximum atomic E-state index is 13.0. The van der Waals surface area contributed by atoms with Gasteiger partial charge in [0.05, 0.1) is 0 Å². The van der Waals surface area contributed by atoms with Crippen molar-refractivity contribution in [3.05, 3.63) is 30.1 Å². The zero-order valence-corrected chi connectivity index (χ0v) is 7.66. The number of hydrogen-bond acceptors (Lipinski definition) is 2. The SMILES string of the molecule is CC[C@@H](N)COc1ccccc1F. The molecule has 3 heteroatoms. The summed E-state index contributed by atoms with van der Waals surface area (Å²) in [5.41, 5.74) is 5.62. The van der Waals surface area contributed by atoms with Crippen molar-refractivity contribution < 1.29 is 9.13 Å². The molecule has 72 valence electrons. The van der Waals surface area contributed by atoms with Crippen molar-refractivity contribution in [1.82, 2.24) is 0 Å². The molecule has 0 aromatic heterocycles. The first-order chi connectivity index (χ1) is 6.24. The number of halogens is 1. The summed E-state index contributed by atoms with van der Waals surface area (Å²) in [6.07, 6.45) is 0.828. The van der Waals surface area contributed by atoms with E-state index in [0.717, 1.165) is 6.42 Å². The van der Waals surface area contributed by atoms with Gasteiger partial charge in [-0.2, -0.15) is 0 Å². The number of benzene rings is 1. The Kier molecular flexibility index (Phi) is 3.71. The topological polar surface area (TPSA) is 35.2 Å².